The van der Waals surface area contributed by atoms with Crippen LogP contribution in [0.3, 0.4) is 0 Å². The zero-order chi connectivity index (χ0) is 25.4. The largest absolute Gasteiger partial charge is 0.337 e. The summed E-state index contributed by atoms with van der Waals surface area (Å²) in [4.78, 5) is 46.8. The summed E-state index contributed by atoms with van der Waals surface area (Å²) in [6, 6.07) is 14.6. The average molecular weight is 539 g/mol. The minimum atomic E-state index is -0.220. The van der Waals surface area contributed by atoms with Gasteiger partial charge in [0.1, 0.15) is 4.83 Å². The molecule has 0 saturated carbocycles. The van der Waals surface area contributed by atoms with Gasteiger partial charge in [0.15, 0.2) is 5.16 Å². The standard InChI is InChI=1S/C26H23ClN4O3S2/c1-15-8-9-17(27)12-20(15)28-22(33)14-35-26-29-24-23(25(34)31(26)18-6-4-3-5-7-18)19-10-11-30(16(2)32)13-21(19)36-24/h3-9,12H,10-11,13-14H2,1-2H3,(H,28,33). The Labute approximate surface area is 221 Å². The normalized spacial score (nSPS) is 13.0. The van der Waals surface area contributed by atoms with E-state index >= 15 is 0 Å². The van der Waals surface area contributed by atoms with E-state index in [2.05, 4.69) is 5.32 Å². The van der Waals surface area contributed by atoms with Crippen molar-refractivity contribution in [2.45, 2.75) is 32.0 Å². The number of benzene rings is 2. The molecule has 184 valence electrons. The van der Waals surface area contributed by atoms with Gasteiger partial charge in [0.05, 0.1) is 23.4 Å². The Balaban J connectivity index is 1.51. The lowest BCUT2D eigenvalue weighted by Gasteiger charge is -2.25. The summed E-state index contributed by atoms with van der Waals surface area (Å²) in [7, 11) is 0. The Morgan fingerprint density at radius 1 is 1.19 bits per heavy atom. The van der Waals surface area contributed by atoms with Gasteiger partial charge in [0, 0.05) is 29.1 Å². The summed E-state index contributed by atoms with van der Waals surface area (Å²) in [5.74, 6) is -0.133. The zero-order valence-electron chi connectivity index (χ0n) is 19.7. The lowest BCUT2D eigenvalue weighted by molar-refractivity contribution is -0.129. The third-order valence-electron chi connectivity index (χ3n) is 6.11. The number of halogens is 1. The lowest BCUT2D eigenvalue weighted by atomic mass is 10.1. The van der Waals surface area contributed by atoms with Crippen LogP contribution in [0, 0.1) is 6.92 Å². The van der Waals surface area contributed by atoms with E-state index in [-0.39, 0.29) is 23.1 Å². The van der Waals surface area contributed by atoms with E-state index in [0.29, 0.717) is 51.3 Å². The molecule has 1 aliphatic rings. The van der Waals surface area contributed by atoms with Crippen molar-refractivity contribution < 1.29 is 9.59 Å². The van der Waals surface area contributed by atoms with Crippen LogP contribution in [0.1, 0.15) is 22.9 Å². The van der Waals surface area contributed by atoms with Gasteiger partial charge < -0.3 is 10.2 Å². The van der Waals surface area contributed by atoms with Crippen molar-refractivity contribution in [2.75, 3.05) is 17.6 Å². The highest BCUT2D eigenvalue weighted by Gasteiger charge is 2.26. The molecule has 0 saturated heterocycles. The molecule has 0 bridgehead atoms. The van der Waals surface area contributed by atoms with Crippen LogP contribution < -0.4 is 10.9 Å². The van der Waals surface area contributed by atoms with Crippen molar-refractivity contribution in [1.82, 2.24) is 14.5 Å². The summed E-state index contributed by atoms with van der Waals surface area (Å²) >= 11 is 8.73. The van der Waals surface area contributed by atoms with Crippen LogP contribution in [-0.4, -0.2) is 38.6 Å². The molecular formula is C26H23ClN4O3S2. The molecule has 1 aliphatic heterocycles. The minimum Gasteiger partial charge on any atom is -0.337 e. The number of carbonyl (C=O) groups is 2. The molecule has 7 nitrogen and oxygen atoms in total. The molecule has 10 heteroatoms. The first-order chi connectivity index (χ1) is 17.3. The van der Waals surface area contributed by atoms with Gasteiger partial charge in [-0.15, -0.1) is 11.3 Å². The Hall–Kier alpha value is -3.14. The van der Waals surface area contributed by atoms with Gasteiger partial charge in [0.2, 0.25) is 11.8 Å². The van der Waals surface area contributed by atoms with Crippen molar-refractivity contribution in [3.8, 4) is 5.69 Å². The van der Waals surface area contributed by atoms with Crippen molar-refractivity contribution >= 4 is 62.4 Å². The molecule has 2 aromatic carbocycles. The molecule has 2 amide bonds. The van der Waals surface area contributed by atoms with Crippen molar-refractivity contribution in [3.05, 3.63) is 79.9 Å². The van der Waals surface area contributed by atoms with Gasteiger partial charge in [0.25, 0.3) is 5.56 Å². The SMILES string of the molecule is CC(=O)N1CCc2c(sc3nc(SCC(=O)Nc4cc(Cl)ccc4C)n(-c4ccccc4)c(=O)c23)C1. The molecule has 3 heterocycles. The van der Waals surface area contributed by atoms with Crippen LogP contribution in [-0.2, 0) is 22.6 Å². The fraction of sp³-hybridized carbons (Fsp3) is 0.231. The number of aromatic nitrogens is 2. The predicted octanol–water partition coefficient (Wildman–Crippen LogP) is 5.04. The smallest absolute Gasteiger partial charge is 0.267 e. The number of nitrogens with zero attached hydrogens (tertiary/aromatic N) is 3. The van der Waals surface area contributed by atoms with Crippen LogP contribution in [0.5, 0.6) is 0 Å². The molecule has 36 heavy (non-hydrogen) atoms. The number of carbonyl (C=O) groups excluding carboxylic acids is 2. The number of rotatable bonds is 5. The molecule has 2 aromatic heterocycles. The Morgan fingerprint density at radius 2 is 1.97 bits per heavy atom. The summed E-state index contributed by atoms with van der Waals surface area (Å²) in [5, 5.41) is 4.48. The predicted molar refractivity (Wildman–Crippen MR) is 146 cm³/mol. The highest BCUT2D eigenvalue weighted by atomic mass is 35.5. The molecule has 5 rings (SSSR count). The number of hydrogen-bond donors (Lipinski definition) is 1. The lowest BCUT2D eigenvalue weighted by Crippen LogP contribution is -2.34. The maximum absolute atomic E-state index is 13.8. The average Bonchev–Trinajstić information content (AvgIpc) is 3.23. The van der Waals surface area contributed by atoms with E-state index in [9.17, 15) is 14.4 Å². The van der Waals surface area contributed by atoms with Crippen LogP contribution in [0.2, 0.25) is 5.02 Å². The number of thiophene rings is 1. The number of fused-ring (bicyclic) bond motifs is 3. The first-order valence-electron chi connectivity index (χ1n) is 11.4. The summed E-state index contributed by atoms with van der Waals surface area (Å²) in [5.41, 5.74) is 3.06. The molecular weight excluding hydrogens is 516 g/mol. The van der Waals surface area contributed by atoms with E-state index in [0.717, 1.165) is 16.0 Å². The number of aryl methyl sites for hydroxylation is 1. The van der Waals surface area contributed by atoms with Crippen molar-refractivity contribution in [3.63, 3.8) is 0 Å². The van der Waals surface area contributed by atoms with Crippen LogP contribution in [0.25, 0.3) is 15.9 Å². The molecule has 0 fully saturated rings. The number of anilines is 1. The zero-order valence-corrected chi connectivity index (χ0v) is 22.1. The second kappa shape index (κ2) is 10.1. The van der Waals surface area contributed by atoms with Gasteiger partial charge in [-0.05, 0) is 48.7 Å². The van der Waals surface area contributed by atoms with Crippen molar-refractivity contribution in [1.29, 1.82) is 0 Å². The summed E-state index contributed by atoms with van der Waals surface area (Å²) in [6.07, 6.45) is 0.620. The van der Waals surface area contributed by atoms with Crippen LogP contribution in [0.15, 0.2) is 58.5 Å². The molecule has 1 N–H and O–H groups in total. The van der Waals surface area contributed by atoms with Crippen LogP contribution in [0.4, 0.5) is 5.69 Å². The highest BCUT2D eigenvalue weighted by molar-refractivity contribution is 7.99. The molecule has 0 unspecified atom stereocenters. The first kappa shape index (κ1) is 24.5. The quantitative estimate of drug-likeness (QED) is 0.284. The van der Waals surface area contributed by atoms with Gasteiger partial charge in [-0.2, -0.15) is 0 Å². The Bertz CT molecular complexity index is 1550. The second-order valence-corrected chi connectivity index (χ2v) is 11.0. The highest BCUT2D eigenvalue weighted by Crippen LogP contribution is 2.34. The number of amides is 2. The molecule has 0 radical (unpaired) electrons. The maximum atomic E-state index is 13.8. The van der Waals surface area contributed by atoms with E-state index in [4.69, 9.17) is 16.6 Å². The van der Waals surface area contributed by atoms with E-state index in [1.165, 1.54) is 23.1 Å². The molecule has 4 aromatic rings. The monoisotopic (exact) mass is 538 g/mol. The Kier molecular flexibility index (Phi) is 6.87. The fourth-order valence-corrected chi connectivity index (χ4v) is 6.50. The van der Waals surface area contributed by atoms with E-state index in [1.54, 1.807) is 28.5 Å². The van der Waals surface area contributed by atoms with Gasteiger partial charge in [-0.3, -0.25) is 19.0 Å². The first-order valence-corrected chi connectivity index (χ1v) is 13.6. The molecule has 0 atom stereocenters. The van der Waals surface area contributed by atoms with E-state index in [1.807, 2.05) is 43.3 Å². The van der Waals surface area contributed by atoms with Crippen molar-refractivity contribution in [2.24, 2.45) is 0 Å². The number of hydrogen-bond acceptors (Lipinski definition) is 6. The number of thioether (sulfide) groups is 1. The molecule has 0 spiro atoms. The van der Waals surface area contributed by atoms with Gasteiger partial charge in [-0.1, -0.05) is 47.6 Å². The molecule has 0 aliphatic carbocycles. The topological polar surface area (TPSA) is 84.3 Å². The summed E-state index contributed by atoms with van der Waals surface area (Å²) in [6.45, 7) is 4.52. The third-order valence-corrected chi connectivity index (χ3v) is 8.39. The number of nitrogens with one attached hydrogen (secondary N) is 1. The fourth-order valence-electron chi connectivity index (χ4n) is 4.24. The maximum Gasteiger partial charge on any atom is 0.267 e. The summed E-state index contributed by atoms with van der Waals surface area (Å²) < 4.78 is 1.58. The Morgan fingerprint density at radius 3 is 2.72 bits per heavy atom. The van der Waals surface area contributed by atoms with E-state index < -0.39 is 0 Å². The third kappa shape index (κ3) is 4.78. The minimum absolute atomic E-state index is 0.0185. The van der Waals surface area contributed by atoms with Crippen LogP contribution >= 0.6 is 34.7 Å². The van der Waals surface area contributed by atoms with Gasteiger partial charge >= 0.3 is 0 Å². The van der Waals surface area contributed by atoms with Gasteiger partial charge in [-0.25, -0.2) is 4.98 Å². The number of para-hydroxylation sites is 1. The second-order valence-electron chi connectivity index (χ2n) is 8.54.